The SMILES string of the molecule is CCC(Cl)CCNCCc1ccc(OC)cc1. The van der Waals surface area contributed by atoms with Gasteiger partial charge in [-0.05, 0) is 50.0 Å². The van der Waals surface area contributed by atoms with Crippen LogP contribution in [0.15, 0.2) is 24.3 Å². The van der Waals surface area contributed by atoms with Gasteiger partial charge in [0.15, 0.2) is 0 Å². The number of rotatable bonds is 8. The predicted octanol–water partition coefficient (Wildman–Crippen LogP) is 3.23. The number of benzene rings is 1. The van der Waals surface area contributed by atoms with Crippen molar-refractivity contribution in [2.45, 2.75) is 31.6 Å². The highest BCUT2D eigenvalue weighted by Gasteiger charge is 2.00. The van der Waals surface area contributed by atoms with Crippen molar-refractivity contribution in [3.8, 4) is 5.75 Å². The van der Waals surface area contributed by atoms with Crippen molar-refractivity contribution >= 4 is 11.6 Å². The number of hydrogen-bond donors (Lipinski definition) is 1. The van der Waals surface area contributed by atoms with Crippen LogP contribution in [0.4, 0.5) is 0 Å². The molecule has 0 heterocycles. The topological polar surface area (TPSA) is 21.3 Å². The first-order chi connectivity index (χ1) is 8.26. The molecule has 17 heavy (non-hydrogen) atoms. The Labute approximate surface area is 109 Å². The molecule has 2 nitrogen and oxygen atoms in total. The first-order valence-corrected chi connectivity index (χ1v) is 6.67. The van der Waals surface area contributed by atoms with Crippen LogP contribution in [0.25, 0.3) is 0 Å². The third-order valence-corrected chi connectivity index (χ3v) is 3.35. The van der Waals surface area contributed by atoms with Crippen molar-refractivity contribution in [3.05, 3.63) is 29.8 Å². The summed E-state index contributed by atoms with van der Waals surface area (Å²) in [5, 5.41) is 3.72. The molecule has 1 unspecified atom stereocenters. The fourth-order valence-electron chi connectivity index (χ4n) is 1.61. The van der Waals surface area contributed by atoms with Gasteiger partial charge in [-0.2, -0.15) is 0 Å². The van der Waals surface area contributed by atoms with Gasteiger partial charge in [-0.25, -0.2) is 0 Å². The van der Waals surface area contributed by atoms with Crippen molar-refractivity contribution in [3.63, 3.8) is 0 Å². The molecule has 0 saturated heterocycles. The molecule has 0 saturated carbocycles. The van der Waals surface area contributed by atoms with Crippen LogP contribution in [-0.4, -0.2) is 25.6 Å². The van der Waals surface area contributed by atoms with E-state index in [1.165, 1.54) is 5.56 Å². The molecule has 0 aromatic heterocycles. The van der Waals surface area contributed by atoms with E-state index in [1.54, 1.807) is 7.11 Å². The van der Waals surface area contributed by atoms with Gasteiger partial charge in [-0.3, -0.25) is 0 Å². The number of methoxy groups -OCH3 is 1. The van der Waals surface area contributed by atoms with Gasteiger partial charge < -0.3 is 10.1 Å². The van der Waals surface area contributed by atoms with Gasteiger partial charge in [0.1, 0.15) is 5.75 Å². The lowest BCUT2D eigenvalue weighted by Crippen LogP contribution is -2.20. The largest absolute Gasteiger partial charge is 0.497 e. The van der Waals surface area contributed by atoms with Crippen LogP contribution in [0.1, 0.15) is 25.3 Å². The lowest BCUT2D eigenvalue weighted by molar-refractivity contribution is 0.414. The summed E-state index contributed by atoms with van der Waals surface area (Å²) < 4.78 is 5.12. The maximum atomic E-state index is 6.04. The Kier molecular flexibility index (Phi) is 7.06. The smallest absolute Gasteiger partial charge is 0.118 e. The third kappa shape index (κ3) is 5.94. The summed E-state index contributed by atoms with van der Waals surface area (Å²) in [4.78, 5) is 0. The van der Waals surface area contributed by atoms with Crippen molar-refractivity contribution < 1.29 is 4.74 Å². The molecular weight excluding hydrogens is 234 g/mol. The second-order valence-corrected chi connectivity index (χ2v) is 4.76. The Hall–Kier alpha value is -0.730. The minimum Gasteiger partial charge on any atom is -0.497 e. The van der Waals surface area contributed by atoms with Crippen molar-refractivity contribution in [2.24, 2.45) is 0 Å². The highest BCUT2D eigenvalue weighted by molar-refractivity contribution is 6.20. The Balaban J connectivity index is 2.13. The monoisotopic (exact) mass is 255 g/mol. The van der Waals surface area contributed by atoms with E-state index in [4.69, 9.17) is 16.3 Å². The molecule has 1 atom stereocenters. The van der Waals surface area contributed by atoms with Crippen molar-refractivity contribution in [1.82, 2.24) is 5.32 Å². The highest BCUT2D eigenvalue weighted by atomic mass is 35.5. The van der Waals surface area contributed by atoms with Crippen LogP contribution in [0.2, 0.25) is 0 Å². The number of hydrogen-bond acceptors (Lipinski definition) is 2. The zero-order valence-electron chi connectivity index (χ0n) is 10.7. The Morgan fingerprint density at radius 3 is 2.53 bits per heavy atom. The maximum Gasteiger partial charge on any atom is 0.118 e. The molecule has 1 rings (SSSR count). The molecule has 0 fully saturated rings. The Morgan fingerprint density at radius 1 is 1.24 bits per heavy atom. The van der Waals surface area contributed by atoms with E-state index in [1.807, 2.05) is 12.1 Å². The van der Waals surface area contributed by atoms with Crippen molar-refractivity contribution in [1.29, 1.82) is 0 Å². The maximum absolute atomic E-state index is 6.04. The summed E-state index contributed by atoms with van der Waals surface area (Å²) in [6.45, 7) is 4.12. The minimum atomic E-state index is 0.309. The zero-order chi connectivity index (χ0) is 12.5. The lowest BCUT2D eigenvalue weighted by atomic mass is 10.1. The van der Waals surface area contributed by atoms with E-state index in [0.29, 0.717) is 5.38 Å². The van der Waals surface area contributed by atoms with Gasteiger partial charge in [0.05, 0.1) is 7.11 Å². The molecular formula is C14H22ClNO. The van der Waals surface area contributed by atoms with Crippen LogP contribution in [0, 0.1) is 0 Å². The molecule has 1 aromatic carbocycles. The van der Waals surface area contributed by atoms with Gasteiger partial charge in [-0.1, -0.05) is 19.1 Å². The lowest BCUT2D eigenvalue weighted by Gasteiger charge is -2.08. The number of alkyl halides is 1. The number of ether oxygens (including phenoxy) is 1. The van der Waals surface area contributed by atoms with E-state index in [-0.39, 0.29) is 0 Å². The quantitative estimate of drug-likeness (QED) is 0.569. The van der Waals surface area contributed by atoms with Crippen LogP contribution < -0.4 is 10.1 Å². The molecule has 0 aliphatic rings. The first kappa shape index (κ1) is 14.3. The molecule has 96 valence electrons. The van der Waals surface area contributed by atoms with Gasteiger partial charge in [-0.15, -0.1) is 11.6 Å². The molecule has 0 spiro atoms. The fraction of sp³-hybridized carbons (Fsp3) is 0.571. The summed E-state index contributed by atoms with van der Waals surface area (Å²) in [5.74, 6) is 0.912. The summed E-state index contributed by atoms with van der Waals surface area (Å²) in [5.41, 5.74) is 1.33. The molecule has 0 aliphatic heterocycles. The van der Waals surface area contributed by atoms with Crippen LogP contribution in [0.5, 0.6) is 5.75 Å². The van der Waals surface area contributed by atoms with Gasteiger partial charge in [0.25, 0.3) is 0 Å². The summed E-state index contributed by atoms with van der Waals surface area (Å²) in [7, 11) is 1.69. The summed E-state index contributed by atoms with van der Waals surface area (Å²) >= 11 is 6.04. The Morgan fingerprint density at radius 2 is 1.94 bits per heavy atom. The second kappa shape index (κ2) is 8.37. The van der Waals surface area contributed by atoms with Crippen LogP contribution >= 0.6 is 11.6 Å². The van der Waals surface area contributed by atoms with E-state index in [0.717, 1.165) is 38.1 Å². The molecule has 1 aromatic rings. The molecule has 0 radical (unpaired) electrons. The average Bonchev–Trinajstić information content (AvgIpc) is 2.38. The molecule has 0 aliphatic carbocycles. The van der Waals surface area contributed by atoms with Crippen molar-refractivity contribution in [2.75, 3.05) is 20.2 Å². The zero-order valence-corrected chi connectivity index (χ0v) is 11.5. The van der Waals surface area contributed by atoms with Gasteiger partial charge in [0, 0.05) is 5.38 Å². The van der Waals surface area contributed by atoms with Gasteiger partial charge in [0.2, 0.25) is 0 Å². The second-order valence-electron chi connectivity index (χ2n) is 4.14. The fourth-order valence-corrected chi connectivity index (χ4v) is 1.72. The standard InChI is InChI=1S/C14H22ClNO/c1-3-13(15)9-11-16-10-8-12-4-6-14(17-2)7-5-12/h4-7,13,16H,3,8-11H2,1-2H3. The molecule has 0 bridgehead atoms. The normalized spacial score (nSPS) is 12.4. The van der Waals surface area contributed by atoms with E-state index in [2.05, 4.69) is 24.4 Å². The van der Waals surface area contributed by atoms with Crippen LogP contribution in [-0.2, 0) is 6.42 Å². The predicted molar refractivity (Wildman–Crippen MR) is 74.1 cm³/mol. The summed E-state index contributed by atoms with van der Waals surface area (Å²) in [6, 6.07) is 8.22. The highest BCUT2D eigenvalue weighted by Crippen LogP contribution is 2.11. The van der Waals surface area contributed by atoms with Crippen LogP contribution in [0.3, 0.4) is 0 Å². The number of halogens is 1. The summed E-state index contributed by atoms with van der Waals surface area (Å²) in [6.07, 6.45) is 3.13. The molecule has 1 N–H and O–H groups in total. The Bertz CT molecular complexity index is 300. The third-order valence-electron chi connectivity index (χ3n) is 2.83. The number of nitrogens with one attached hydrogen (secondary N) is 1. The van der Waals surface area contributed by atoms with E-state index in [9.17, 15) is 0 Å². The minimum absolute atomic E-state index is 0.309. The van der Waals surface area contributed by atoms with E-state index < -0.39 is 0 Å². The average molecular weight is 256 g/mol. The molecule has 3 heteroatoms. The first-order valence-electron chi connectivity index (χ1n) is 6.24. The van der Waals surface area contributed by atoms with Gasteiger partial charge >= 0.3 is 0 Å². The van der Waals surface area contributed by atoms with E-state index >= 15 is 0 Å². The molecule has 0 amide bonds.